The van der Waals surface area contributed by atoms with Crippen molar-refractivity contribution in [3.63, 3.8) is 0 Å². The van der Waals surface area contributed by atoms with Crippen molar-refractivity contribution < 1.29 is 4.92 Å². The van der Waals surface area contributed by atoms with Crippen LogP contribution >= 0.6 is 11.6 Å². The van der Waals surface area contributed by atoms with Crippen LogP contribution in [0, 0.1) is 10.1 Å². The molecule has 15 heavy (non-hydrogen) atoms. The maximum Gasteiger partial charge on any atom is 0.271 e. The summed E-state index contributed by atoms with van der Waals surface area (Å²) in [5.41, 5.74) is 0.580. The molecule has 6 heteroatoms. The standard InChI is InChI=1S/C9H8ClN3O2/c1-2-12-9(10)7-4-3-6(13(14)15)5-8(7)11-12/h3-5H,2H2,1H3. The molecule has 5 nitrogen and oxygen atoms in total. The average molecular weight is 226 g/mol. The minimum atomic E-state index is -0.446. The first-order chi connectivity index (χ1) is 7.13. The number of rotatable bonds is 2. The highest BCUT2D eigenvalue weighted by Gasteiger charge is 2.12. The molecule has 0 spiro atoms. The van der Waals surface area contributed by atoms with E-state index in [4.69, 9.17) is 11.6 Å². The first kappa shape index (κ1) is 9.92. The maximum absolute atomic E-state index is 10.5. The highest BCUT2D eigenvalue weighted by Crippen LogP contribution is 2.26. The Morgan fingerprint density at radius 3 is 2.93 bits per heavy atom. The van der Waals surface area contributed by atoms with Crippen molar-refractivity contribution in [3.8, 4) is 0 Å². The topological polar surface area (TPSA) is 61.0 Å². The molecule has 1 aromatic heterocycles. The Bertz CT molecular complexity index is 535. The SMILES string of the molecule is CCn1nc2cc([N+](=O)[O-])ccc2c1Cl. The number of aryl methyl sites for hydroxylation is 1. The van der Waals surface area contributed by atoms with Gasteiger partial charge < -0.3 is 0 Å². The Hall–Kier alpha value is -1.62. The van der Waals surface area contributed by atoms with Gasteiger partial charge in [-0.1, -0.05) is 11.6 Å². The molecule has 1 aromatic carbocycles. The molecule has 0 atom stereocenters. The summed E-state index contributed by atoms with van der Waals surface area (Å²) in [7, 11) is 0. The molecule has 0 aliphatic carbocycles. The number of aromatic nitrogens is 2. The Balaban J connectivity index is 2.68. The van der Waals surface area contributed by atoms with Crippen molar-refractivity contribution in [2.45, 2.75) is 13.5 Å². The molecular formula is C9H8ClN3O2. The number of benzene rings is 1. The van der Waals surface area contributed by atoms with Gasteiger partial charge in [0, 0.05) is 24.1 Å². The van der Waals surface area contributed by atoms with Crippen LogP contribution in [0.1, 0.15) is 6.92 Å². The lowest BCUT2D eigenvalue weighted by atomic mass is 10.2. The summed E-state index contributed by atoms with van der Waals surface area (Å²) in [5, 5.41) is 16.0. The number of non-ortho nitro benzene ring substituents is 1. The van der Waals surface area contributed by atoms with E-state index < -0.39 is 4.92 Å². The predicted octanol–water partition coefficient (Wildman–Crippen LogP) is 2.62. The second-order valence-corrected chi connectivity index (χ2v) is 3.42. The third-order valence-electron chi connectivity index (χ3n) is 2.17. The number of hydrogen-bond donors (Lipinski definition) is 0. The molecule has 0 saturated carbocycles. The molecule has 0 unspecified atom stereocenters. The normalized spacial score (nSPS) is 10.8. The Kier molecular flexibility index (Phi) is 2.32. The van der Waals surface area contributed by atoms with Crippen molar-refractivity contribution >= 4 is 28.2 Å². The van der Waals surface area contributed by atoms with Crippen LogP contribution in [0.4, 0.5) is 5.69 Å². The highest BCUT2D eigenvalue weighted by atomic mass is 35.5. The van der Waals surface area contributed by atoms with Gasteiger partial charge in [0.15, 0.2) is 0 Å². The fourth-order valence-electron chi connectivity index (χ4n) is 1.41. The molecule has 0 aliphatic heterocycles. The first-order valence-electron chi connectivity index (χ1n) is 4.44. The lowest BCUT2D eigenvalue weighted by molar-refractivity contribution is -0.384. The van der Waals surface area contributed by atoms with Crippen LogP contribution in [0.5, 0.6) is 0 Å². The summed E-state index contributed by atoms with van der Waals surface area (Å²) in [6, 6.07) is 4.47. The zero-order chi connectivity index (χ0) is 11.0. The second kappa shape index (κ2) is 3.51. The van der Waals surface area contributed by atoms with Gasteiger partial charge in [-0.15, -0.1) is 0 Å². The summed E-state index contributed by atoms with van der Waals surface area (Å²) in [4.78, 5) is 10.1. The zero-order valence-electron chi connectivity index (χ0n) is 7.98. The molecule has 2 aromatic rings. The summed E-state index contributed by atoms with van der Waals surface area (Å²) in [6.45, 7) is 2.55. The van der Waals surface area contributed by atoms with Gasteiger partial charge in [-0.05, 0) is 13.0 Å². The third-order valence-corrected chi connectivity index (χ3v) is 2.57. The third kappa shape index (κ3) is 1.55. The molecule has 0 N–H and O–H groups in total. The van der Waals surface area contributed by atoms with E-state index in [1.165, 1.54) is 12.1 Å². The molecule has 0 amide bonds. The molecule has 0 bridgehead atoms. The summed E-state index contributed by atoms with van der Waals surface area (Å²) in [6.07, 6.45) is 0. The van der Waals surface area contributed by atoms with Gasteiger partial charge in [-0.3, -0.25) is 14.8 Å². The molecule has 0 aliphatic rings. The smallest absolute Gasteiger partial charge is 0.258 e. The van der Waals surface area contributed by atoms with Crippen molar-refractivity contribution in [2.24, 2.45) is 0 Å². The van der Waals surface area contributed by atoms with Crippen molar-refractivity contribution in [1.29, 1.82) is 0 Å². The van der Waals surface area contributed by atoms with Crippen LogP contribution in [0.25, 0.3) is 10.9 Å². The number of fused-ring (bicyclic) bond motifs is 1. The minimum Gasteiger partial charge on any atom is -0.258 e. The quantitative estimate of drug-likeness (QED) is 0.583. The van der Waals surface area contributed by atoms with E-state index in [1.54, 1.807) is 10.7 Å². The Labute approximate surface area is 90.4 Å². The molecule has 2 rings (SSSR count). The predicted molar refractivity (Wildman–Crippen MR) is 57.1 cm³/mol. The van der Waals surface area contributed by atoms with Gasteiger partial charge in [0.1, 0.15) is 10.7 Å². The molecule has 78 valence electrons. The van der Waals surface area contributed by atoms with Crippen LogP contribution in [-0.4, -0.2) is 14.7 Å². The van der Waals surface area contributed by atoms with Gasteiger partial charge in [-0.25, -0.2) is 0 Å². The Morgan fingerprint density at radius 1 is 1.60 bits per heavy atom. The highest BCUT2D eigenvalue weighted by molar-refractivity contribution is 6.34. The summed E-state index contributed by atoms with van der Waals surface area (Å²) < 4.78 is 1.61. The largest absolute Gasteiger partial charge is 0.271 e. The van der Waals surface area contributed by atoms with E-state index in [-0.39, 0.29) is 5.69 Å². The van der Waals surface area contributed by atoms with Crippen LogP contribution in [0.2, 0.25) is 5.15 Å². The van der Waals surface area contributed by atoms with E-state index >= 15 is 0 Å². The van der Waals surface area contributed by atoms with E-state index in [0.29, 0.717) is 17.2 Å². The number of halogens is 1. The van der Waals surface area contributed by atoms with Crippen LogP contribution in [-0.2, 0) is 6.54 Å². The van der Waals surface area contributed by atoms with Crippen molar-refractivity contribution in [1.82, 2.24) is 9.78 Å². The molecule has 0 saturated heterocycles. The minimum absolute atomic E-state index is 0.0277. The summed E-state index contributed by atoms with van der Waals surface area (Å²) >= 11 is 6.02. The second-order valence-electron chi connectivity index (χ2n) is 3.07. The van der Waals surface area contributed by atoms with Crippen LogP contribution < -0.4 is 0 Å². The number of nitro groups is 1. The lowest BCUT2D eigenvalue weighted by Gasteiger charge is -1.93. The Morgan fingerprint density at radius 2 is 2.33 bits per heavy atom. The number of nitrogens with zero attached hydrogens (tertiary/aromatic N) is 3. The summed E-state index contributed by atoms with van der Waals surface area (Å²) in [5.74, 6) is 0. The number of hydrogen-bond acceptors (Lipinski definition) is 3. The lowest BCUT2D eigenvalue weighted by Crippen LogP contribution is -1.94. The van der Waals surface area contributed by atoms with E-state index in [1.807, 2.05) is 6.92 Å². The average Bonchev–Trinajstić information content (AvgIpc) is 2.55. The van der Waals surface area contributed by atoms with Gasteiger partial charge in [0.25, 0.3) is 5.69 Å². The molecule has 1 heterocycles. The monoisotopic (exact) mass is 225 g/mol. The first-order valence-corrected chi connectivity index (χ1v) is 4.81. The molecule has 0 radical (unpaired) electrons. The van der Waals surface area contributed by atoms with Crippen molar-refractivity contribution in [2.75, 3.05) is 0 Å². The van der Waals surface area contributed by atoms with Crippen molar-refractivity contribution in [3.05, 3.63) is 33.5 Å². The maximum atomic E-state index is 10.5. The van der Waals surface area contributed by atoms with E-state index in [2.05, 4.69) is 5.10 Å². The fraction of sp³-hybridized carbons (Fsp3) is 0.222. The molecule has 0 fully saturated rings. The van der Waals surface area contributed by atoms with Gasteiger partial charge in [0.05, 0.1) is 4.92 Å². The number of nitro benzene ring substituents is 1. The molecular weight excluding hydrogens is 218 g/mol. The van der Waals surface area contributed by atoms with E-state index in [9.17, 15) is 10.1 Å². The zero-order valence-corrected chi connectivity index (χ0v) is 8.73. The van der Waals surface area contributed by atoms with Gasteiger partial charge in [0.2, 0.25) is 0 Å². The van der Waals surface area contributed by atoms with E-state index in [0.717, 1.165) is 5.39 Å². The van der Waals surface area contributed by atoms with Gasteiger partial charge in [-0.2, -0.15) is 5.10 Å². The van der Waals surface area contributed by atoms with Gasteiger partial charge >= 0.3 is 0 Å². The van der Waals surface area contributed by atoms with Crippen LogP contribution in [0.3, 0.4) is 0 Å². The fourth-order valence-corrected chi connectivity index (χ4v) is 1.73. The van der Waals surface area contributed by atoms with Crippen LogP contribution in [0.15, 0.2) is 18.2 Å².